The minimum atomic E-state index is -0.154. The second-order valence-electron chi connectivity index (χ2n) is 5.44. The summed E-state index contributed by atoms with van der Waals surface area (Å²) >= 11 is 0. The molecule has 0 spiro atoms. The van der Waals surface area contributed by atoms with Crippen LogP contribution in [0.2, 0.25) is 43.6 Å². The van der Waals surface area contributed by atoms with Crippen molar-refractivity contribution in [2.24, 2.45) is 0 Å². The molecular weight excluding hydrogens is 240 g/mol. The molecular formula is C13H29Si3. The molecule has 0 heterocycles. The molecule has 0 N–H and O–H groups in total. The highest BCUT2D eigenvalue weighted by Gasteiger charge is 2.41. The molecule has 0 nitrogen and oxygen atoms in total. The van der Waals surface area contributed by atoms with Crippen molar-refractivity contribution in [3.63, 3.8) is 0 Å². The number of hydrogen-bond acceptors (Lipinski definition) is 0. The molecule has 0 amide bonds. The van der Waals surface area contributed by atoms with Crippen LogP contribution < -0.4 is 0 Å². The zero-order valence-electron chi connectivity index (χ0n) is 12.1. The Morgan fingerprint density at radius 1 is 0.875 bits per heavy atom. The van der Waals surface area contributed by atoms with E-state index < -0.39 is 0 Å². The highest BCUT2D eigenvalue weighted by atomic mass is 28.4. The third-order valence-electron chi connectivity index (χ3n) is 3.77. The van der Waals surface area contributed by atoms with Crippen LogP contribution >= 0.6 is 0 Å². The summed E-state index contributed by atoms with van der Waals surface area (Å²) in [7, 11) is -0.461. The molecule has 3 radical (unpaired) electrons. The van der Waals surface area contributed by atoms with Crippen LogP contribution in [0.3, 0.4) is 0 Å². The van der Waals surface area contributed by atoms with Crippen LogP contribution in [0.1, 0.15) is 25.7 Å². The van der Waals surface area contributed by atoms with Crippen molar-refractivity contribution >= 4 is 26.4 Å². The van der Waals surface area contributed by atoms with E-state index in [1.54, 1.807) is 0 Å². The molecule has 16 heavy (non-hydrogen) atoms. The van der Waals surface area contributed by atoms with Crippen LogP contribution in [0.25, 0.3) is 0 Å². The first-order chi connectivity index (χ1) is 7.39. The van der Waals surface area contributed by atoms with E-state index in [4.69, 9.17) is 0 Å². The first-order valence-corrected chi connectivity index (χ1v) is 13.9. The summed E-state index contributed by atoms with van der Waals surface area (Å²) in [4.78, 5) is 0. The van der Waals surface area contributed by atoms with Crippen LogP contribution in [0.5, 0.6) is 0 Å². The van der Waals surface area contributed by atoms with Gasteiger partial charge < -0.3 is 0 Å². The van der Waals surface area contributed by atoms with E-state index in [2.05, 4.69) is 51.9 Å². The molecule has 0 aliphatic carbocycles. The van der Waals surface area contributed by atoms with Gasteiger partial charge in [0.15, 0.2) is 0 Å². The van der Waals surface area contributed by atoms with Gasteiger partial charge in [-0.25, -0.2) is 0 Å². The average molecular weight is 270 g/mol. The number of rotatable bonds is 8. The molecule has 0 saturated heterocycles. The van der Waals surface area contributed by atoms with Crippen LogP contribution in [0.15, 0.2) is 12.7 Å². The summed E-state index contributed by atoms with van der Waals surface area (Å²) in [5, 5.41) is 0. The Morgan fingerprint density at radius 3 is 1.62 bits per heavy atom. The van der Waals surface area contributed by atoms with Gasteiger partial charge in [0.1, 0.15) is 0 Å². The van der Waals surface area contributed by atoms with E-state index in [0.29, 0.717) is 0 Å². The highest BCUT2D eigenvalue weighted by Crippen LogP contribution is 2.42. The van der Waals surface area contributed by atoms with Gasteiger partial charge in [-0.05, 0) is 17.1 Å². The standard InChI is InChI=1S/C13H29Si3/c1-8-9-10-11-12-13(14(2)3,15(4)5)16(6)7/h8H,1,9-12H2,2-7H3. The molecule has 0 rings (SSSR count). The molecule has 0 saturated carbocycles. The van der Waals surface area contributed by atoms with Gasteiger partial charge in [-0.15, -0.1) is 6.58 Å². The van der Waals surface area contributed by atoms with Crippen molar-refractivity contribution in [1.82, 2.24) is 0 Å². The van der Waals surface area contributed by atoms with E-state index in [0.717, 1.165) is 4.28 Å². The van der Waals surface area contributed by atoms with Crippen molar-refractivity contribution < 1.29 is 0 Å². The molecule has 0 aromatic rings. The van der Waals surface area contributed by atoms with Gasteiger partial charge in [-0.1, -0.05) is 58.2 Å². The van der Waals surface area contributed by atoms with Crippen LogP contribution in [-0.4, -0.2) is 26.4 Å². The van der Waals surface area contributed by atoms with Gasteiger partial charge >= 0.3 is 0 Å². The molecule has 0 aliphatic heterocycles. The monoisotopic (exact) mass is 269 g/mol. The third-order valence-corrected chi connectivity index (χ3v) is 18.6. The molecule has 0 aliphatic rings. The minimum absolute atomic E-state index is 0.154. The molecule has 0 bridgehead atoms. The Hall–Kier alpha value is 0.391. The minimum Gasteiger partial charge on any atom is -0.103 e. The lowest BCUT2D eigenvalue weighted by Gasteiger charge is -2.43. The van der Waals surface area contributed by atoms with Gasteiger partial charge in [0, 0.05) is 26.4 Å². The molecule has 0 aromatic heterocycles. The van der Waals surface area contributed by atoms with Gasteiger partial charge in [-0.2, -0.15) is 0 Å². The van der Waals surface area contributed by atoms with Crippen LogP contribution in [0.4, 0.5) is 0 Å². The zero-order valence-corrected chi connectivity index (χ0v) is 15.1. The summed E-state index contributed by atoms with van der Waals surface area (Å²) < 4.78 is 0.821. The molecule has 0 fully saturated rings. The Labute approximate surface area is 108 Å². The second kappa shape index (κ2) is 7.67. The maximum Gasteiger partial charge on any atom is 0.0418 e. The maximum atomic E-state index is 3.82. The van der Waals surface area contributed by atoms with E-state index in [-0.39, 0.29) is 26.4 Å². The zero-order chi connectivity index (χ0) is 12.8. The SMILES string of the molecule is C=CCCCCC([Si](C)C)([Si](C)C)[Si](C)C. The van der Waals surface area contributed by atoms with Crippen molar-refractivity contribution in [1.29, 1.82) is 0 Å². The predicted molar refractivity (Wildman–Crippen MR) is 83.8 cm³/mol. The molecule has 0 aromatic carbocycles. The fourth-order valence-corrected chi connectivity index (χ4v) is 17.0. The van der Waals surface area contributed by atoms with Gasteiger partial charge in [0.05, 0.1) is 0 Å². The van der Waals surface area contributed by atoms with Gasteiger partial charge in [0.25, 0.3) is 0 Å². The fourth-order valence-electron chi connectivity index (χ4n) is 2.93. The first kappa shape index (κ1) is 16.4. The molecule has 93 valence electrons. The molecule has 0 atom stereocenters. The van der Waals surface area contributed by atoms with Crippen LogP contribution in [0, 0.1) is 0 Å². The van der Waals surface area contributed by atoms with Crippen molar-refractivity contribution in [3.8, 4) is 0 Å². The maximum absolute atomic E-state index is 3.82. The fraction of sp³-hybridized carbons (Fsp3) is 0.846. The van der Waals surface area contributed by atoms with E-state index in [9.17, 15) is 0 Å². The summed E-state index contributed by atoms with van der Waals surface area (Å²) in [5.41, 5.74) is 0. The Kier molecular flexibility index (Phi) is 7.85. The van der Waals surface area contributed by atoms with Gasteiger partial charge in [-0.3, -0.25) is 0 Å². The smallest absolute Gasteiger partial charge is 0.0418 e. The Balaban J connectivity index is 4.57. The number of allylic oxidation sites excluding steroid dienone is 1. The highest BCUT2D eigenvalue weighted by molar-refractivity contribution is 6.97. The summed E-state index contributed by atoms with van der Waals surface area (Å²) in [6.45, 7) is 19.1. The van der Waals surface area contributed by atoms with Crippen LogP contribution in [-0.2, 0) is 0 Å². The van der Waals surface area contributed by atoms with Crippen molar-refractivity contribution in [2.75, 3.05) is 0 Å². The topological polar surface area (TPSA) is 0 Å². The van der Waals surface area contributed by atoms with Crippen molar-refractivity contribution in [2.45, 2.75) is 69.3 Å². The third kappa shape index (κ3) is 4.00. The largest absolute Gasteiger partial charge is 0.103 e. The van der Waals surface area contributed by atoms with Gasteiger partial charge in [0.2, 0.25) is 0 Å². The molecule has 0 unspecified atom stereocenters. The average Bonchev–Trinajstić information content (AvgIpc) is 2.16. The van der Waals surface area contributed by atoms with Crippen molar-refractivity contribution in [3.05, 3.63) is 12.7 Å². The summed E-state index contributed by atoms with van der Waals surface area (Å²) in [6, 6.07) is 0. The number of unbranched alkanes of at least 4 members (excludes halogenated alkanes) is 2. The Morgan fingerprint density at radius 2 is 1.31 bits per heavy atom. The van der Waals surface area contributed by atoms with E-state index in [1.165, 1.54) is 25.7 Å². The van der Waals surface area contributed by atoms with E-state index >= 15 is 0 Å². The Bertz CT molecular complexity index is 176. The first-order valence-electron chi connectivity index (χ1n) is 6.42. The lowest BCUT2D eigenvalue weighted by molar-refractivity contribution is 0.675. The lowest BCUT2D eigenvalue weighted by Crippen LogP contribution is -2.47. The number of hydrogen-bond donors (Lipinski definition) is 0. The summed E-state index contributed by atoms with van der Waals surface area (Å²) in [5.74, 6) is 0. The molecule has 3 heteroatoms. The normalized spacial score (nSPS) is 12.8. The quantitative estimate of drug-likeness (QED) is 0.337. The second-order valence-corrected chi connectivity index (χ2v) is 15.5. The lowest BCUT2D eigenvalue weighted by atomic mass is 10.2. The predicted octanol–water partition coefficient (Wildman–Crippen LogP) is 4.81. The van der Waals surface area contributed by atoms with E-state index in [1.807, 2.05) is 0 Å². The summed E-state index contributed by atoms with van der Waals surface area (Å²) in [6.07, 6.45) is 7.55.